The van der Waals surface area contributed by atoms with Gasteiger partial charge < -0.3 is 10.5 Å². The minimum absolute atomic E-state index is 0.301. The second-order valence-corrected chi connectivity index (χ2v) is 3.05. The molecule has 0 aliphatic carbocycles. The van der Waals surface area contributed by atoms with Crippen LogP contribution in [0, 0.1) is 13.8 Å². The van der Waals surface area contributed by atoms with Crippen LogP contribution in [0.4, 0.5) is 5.69 Å². The van der Waals surface area contributed by atoms with E-state index in [0.29, 0.717) is 23.6 Å². The molecule has 0 amide bonds. The van der Waals surface area contributed by atoms with Gasteiger partial charge in [-0.25, -0.2) is 9.78 Å². The molecular weight excluding hydrogens is 204 g/mol. The fraction of sp³-hybridized carbons (Fsp3) is 0.500. The third kappa shape index (κ3) is 3.22. The van der Waals surface area contributed by atoms with Gasteiger partial charge in [0.25, 0.3) is 0 Å². The largest absolute Gasteiger partial charge is 0.461 e. The molecule has 0 saturated heterocycles. The third-order valence-electron chi connectivity index (χ3n) is 2.04. The van der Waals surface area contributed by atoms with E-state index in [0.717, 1.165) is 5.56 Å². The first-order valence-corrected chi connectivity index (χ1v) is 5.46. The Hall–Kier alpha value is -1.58. The predicted molar refractivity (Wildman–Crippen MR) is 65.4 cm³/mol. The average Bonchev–Trinajstić information content (AvgIpc) is 2.29. The van der Waals surface area contributed by atoms with Crippen LogP contribution in [0.5, 0.6) is 0 Å². The van der Waals surface area contributed by atoms with Crippen molar-refractivity contribution in [2.75, 3.05) is 12.3 Å². The molecule has 90 valence electrons. The van der Waals surface area contributed by atoms with Gasteiger partial charge >= 0.3 is 5.97 Å². The molecular formula is C12H20N2O2. The number of carbonyl (C=O) groups is 1. The highest BCUT2D eigenvalue weighted by molar-refractivity contribution is 5.90. The van der Waals surface area contributed by atoms with Crippen molar-refractivity contribution in [3.8, 4) is 0 Å². The van der Waals surface area contributed by atoms with Crippen LogP contribution in [0.25, 0.3) is 0 Å². The normalized spacial score (nSPS) is 9.06. The summed E-state index contributed by atoms with van der Waals surface area (Å²) in [5, 5.41) is 0. The molecule has 2 N–H and O–H groups in total. The molecule has 0 unspecified atom stereocenters. The van der Waals surface area contributed by atoms with E-state index >= 15 is 0 Å². The Morgan fingerprint density at radius 2 is 2.00 bits per heavy atom. The lowest BCUT2D eigenvalue weighted by molar-refractivity contribution is 0.0518. The van der Waals surface area contributed by atoms with Gasteiger partial charge in [-0.2, -0.15) is 0 Å². The molecule has 16 heavy (non-hydrogen) atoms. The number of carbonyl (C=O) groups excluding carboxylic acids is 1. The summed E-state index contributed by atoms with van der Waals surface area (Å²) in [6.07, 6.45) is 1.58. The van der Waals surface area contributed by atoms with E-state index in [1.54, 1.807) is 20.0 Å². The summed E-state index contributed by atoms with van der Waals surface area (Å²) in [5.74, 6) is -0.420. The van der Waals surface area contributed by atoms with Crippen LogP contribution in [0.1, 0.15) is 42.4 Å². The van der Waals surface area contributed by atoms with Crippen LogP contribution in [0.2, 0.25) is 0 Å². The number of pyridine rings is 1. The molecule has 4 heteroatoms. The highest BCUT2D eigenvalue weighted by Gasteiger charge is 2.14. The first-order valence-electron chi connectivity index (χ1n) is 5.46. The number of hydrogen-bond acceptors (Lipinski definition) is 4. The number of anilines is 1. The molecule has 1 heterocycles. The molecule has 0 aliphatic heterocycles. The van der Waals surface area contributed by atoms with Gasteiger partial charge in [-0.15, -0.1) is 0 Å². The second kappa shape index (κ2) is 6.82. The zero-order valence-corrected chi connectivity index (χ0v) is 10.6. The topological polar surface area (TPSA) is 65.2 Å². The van der Waals surface area contributed by atoms with Crippen LogP contribution in [0.15, 0.2) is 6.20 Å². The average molecular weight is 224 g/mol. The molecule has 0 bridgehead atoms. The minimum Gasteiger partial charge on any atom is -0.461 e. The molecule has 1 rings (SSSR count). The van der Waals surface area contributed by atoms with Gasteiger partial charge in [-0.1, -0.05) is 13.8 Å². The zero-order valence-electron chi connectivity index (χ0n) is 10.6. The summed E-state index contributed by atoms with van der Waals surface area (Å²) >= 11 is 0. The van der Waals surface area contributed by atoms with Crippen molar-refractivity contribution in [3.05, 3.63) is 23.0 Å². The van der Waals surface area contributed by atoms with Crippen molar-refractivity contribution in [2.45, 2.75) is 34.6 Å². The Kier molecular flexibility index (Phi) is 6.15. The summed E-state index contributed by atoms with van der Waals surface area (Å²) in [6.45, 7) is 9.71. The van der Waals surface area contributed by atoms with E-state index in [1.165, 1.54) is 0 Å². The van der Waals surface area contributed by atoms with Crippen molar-refractivity contribution in [1.29, 1.82) is 0 Å². The van der Waals surface area contributed by atoms with E-state index in [9.17, 15) is 4.79 Å². The lowest BCUT2D eigenvalue weighted by atomic mass is 10.1. The molecule has 0 fully saturated rings. The molecule has 0 aliphatic rings. The van der Waals surface area contributed by atoms with Gasteiger partial charge in [0.15, 0.2) is 5.69 Å². The lowest BCUT2D eigenvalue weighted by Gasteiger charge is -2.08. The Morgan fingerprint density at radius 1 is 1.44 bits per heavy atom. The number of aromatic nitrogens is 1. The quantitative estimate of drug-likeness (QED) is 0.784. The van der Waals surface area contributed by atoms with Crippen molar-refractivity contribution in [3.63, 3.8) is 0 Å². The first-order chi connectivity index (χ1) is 7.57. The van der Waals surface area contributed by atoms with Crippen molar-refractivity contribution >= 4 is 11.7 Å². The van der Waals surface area contributed by atoms with Gasteiger partial charge in [-0.3, -0.25) is 0 Å². The molecule has 0 atom stereocenters. The van der Waals surface area contributed by atoms with Crippen LogP contribution in [-0.2, 0) is 4.74 Å². The number of ether oxygens (including phenoxy) is 1. The molecule has 0 radical (unpaired) electrons. The molecule has 0 aromatic carbocycles. The Labute approximate surface area is 96.8 Å². The van der Waals surface area contributed by atoms with E-state index in [4.69, 9.17) is 10.5 Å². The number of nitrogens with two attached hydrogens (primary N) is 1. The lowest BCUT2D eigenvalue weighted by Crippen LogP contribution is -2.11. The first kappa shape index (κ1) is 14.4. The van der Waals surface area contributed by atoms with Gasteiger partial charge in [0.1, 0.15) is 0 Å². The summed E-state index contributed by atoms with van der Waals surface area (Å²) in [5.41, 5.74) is 8.22. The Bertz CT molecular complexity index is 362. The van der Waals surface area contributed by atoms with E-state index in [1.807, 2.05) is 20.8 Å². The number of rotatable bonds is 2. The standard InChI is InChI=1S/C10H14N2O2.C2H6/c1-4-14-10(13)9-7(3)8(11)6(2)5-12-9;1-2/h5H,4H2,1-3H3,(H2,11,12);1-2H3. The van der Waals surface area contributed by atoms with E-state index in [2.05, 4.69) is 4.98 Å². The maximum atomic E-state index is 11.4. The summed E-state index contributed by atoms with van der Waals surface area (Å²) in [4.78, 5) is 15.4. The van der Waals surface area contributed by atoms with Crippen molar-refractivity contribution in [2.24, 2.45) is 0 Å². The van der Waals surface area contributed by atoms with E-state index in [-0.39, 0.29) is 0 Å². The fourth-order valence-electron chi connectivity index (χ4n) is 1.16. The summed E-state index contributed by atoms with van der Waals surface area (Å²) in [7, 11) is 0. The summed E-state index contributed by atoms with van der Waals surface area (Å²) < 4.78 is 4.85. The molecule has 1 aromatic heterocycles. The number of hydrogen-bond donors (Lipinski definition) is 1. The van der Waals surface area contributed by atoms with Gasteiger partial charge in [-0.05, 0) is 26.3 Å². The SMILES string of the molecule is CC.CCOC(=O)c1ncc(C)c(N)c1C. The van der Waals surface area contributed by atoms with Crippen molar-refractivity contribution in [1.82, 2.24) is 4.98 Å². The molecule has 1 aromatic rings. The monoisotopic (exact) mass is 224 g/mol. The maximum Gasteiger partial charge on any atom is 0.357 e. The van der Waals surface area contributed by atoms with Crippen LogP contribution in [-0.4, -0.2) is 17.6 Å². The van der Waals surface area contributed by atoms with Crippen LogP contribution >= 0.6 is 0 Å². The van der Waals surface area contributed by atoms with Crippen molar-refractivity contribution < 1.29 is 9.53 Å². The Balaban J connectivity index is 0.00000106. The number of nitrogens with zero attached hydrogens (tertiary/aromatic N) is 1. The highest BCUT2D eigenvalue weighted by Crippen LogP contribution is 2.18. The highest BCUT2D eigenvalue weighted by atomic mass is 16.5. The Morgan fingerprint density at radius 3 is 2.50 bits per heavy atom. The number of nitrogen functional groups attached to an aromatic ring is 1. The molecule has 0 spiro atoms. The minimum atomic E-state index is -0.420. The van der Waals surface area contributed by atoms with Gasteiger partial charge in [0.2, 0.25) is 0 Å². The smallest absolute Gasteiger partial charge is 0.357 e. The van der Waals surface area contributed by atoms with E-state index < -0.39 is 5.97 Å². The fourth-order valence-corrected chi connectivity index (χ4v) is 1.16. The summed E-state index contributed by atoms with van der Waals surface area (Å²) in [6, 6.07) is 0. The number of aryl methyl sites for hydroxylation is 1. The maximum absolute atomic E-state index is 11.4. The third-order valence-corrected chi connectivity index (χ3v) is 2.04. The molecule has 0 saturated carbocycles. The van der Waals surface area contributed by atoms with Crippen LogP contribution in [0.3, 0.4) is 0 Å². The molecule has 4 nitrogen and oxygen atoms in total. The van der Waals surface area contributed by atoms with Gasteiger partial charge in [0, 0.05) is 17.4 Å². The zero-order chi connectivity index (χ0) is 12.7. The predicted octanol–water partition coefficient (Wildman–Crippen LogP) is 2.48. The van der Waals surface area contributed by atoms with Gasteiger partial charge in [0.05, 0.1) is 6.61 Å². The number of esters is 1. The van der Waals surface area contributed by atoms with Crippen LogP contribution < -0.4 is 5.73 Å². The second-order valence-electron chi connectivity index (χ2n) is 3.05.